The Bertz CT molecular complexity index is 1390. The molecule has 51 heavy (non-hydrogen) atoms. The fraction of sp³-hybridized carbons (Fsp3) is 0.684. The predicted molar refractivity (Wildman–Crippen MR) is 200 cm³/mol. The molecule has 1 aromatic rings. The van der Waals surface area contributed by atoms with Gasteiger partial charge in [-0.05, 0) is 68.7 Å². The maximum Gasteiger partial charge on any atom is 0.246 e. The Kier molecular flexibility index (Phi) is 15.5. The van der Waals surface area contributed by atoms with Crippen LogP contribution in [-0.2, 0) is 41.1 Å². The van der Waals surface area contributed by atoms with Crippen molar-refractivity contribution < 1.29 is 28.8 Å². The third-order valence-corrected chi connectivity index (χ3v) is 10.8. The van der Waals surface area contributed by atoms with E-state index in [1.165, 1.54) is 16.7 Å². The largest absolute Gasteiger partial charge is 0.350 e. The molecule has 0 saturated carbocycles. The number of carbonyl (C=O) groups excluding carboxylic acids is 6. The molecular weight excluding hydrogens is 669 g/mol. The van der Waals surface area contributed by atoms with E-state index in [0.29, 0.717) is 51.1 Å². The third kappa shape index (κ3) is 10.8. The van der Waals surface area contributed by atoms with Gasteiger partial charge in [0.25, 0.3) is 0 Å². The van der Waals surface area contributed by atoms with Crippen molar-refractivity contribution in [1.82, 2.24) is 30.2 Å². The molecule has 2 heterocycles. The standard InChI is InChI=1S/C38H60N6O6S/c1-23(2)31(40-35(47)32(24(3)4)41(8)9)37(49)42(10)33(25(5)6)38(50)44-20-12-14-30(44)36(48)43-19-11-13-29(43)34(46)39-21-27-15-17-28(18-16-27)22-51-26(7)45/h15-18,23-25,29-33H,11-14,19-22H2,1-10H3,(H,39,46)(H,40,47)/t29-,30-,31-,32-,33-/m0/s1. The zero-order valence-corrected chi connectivity index (χ0v) is 33.0. The van der Waals surface area contributed by atoms with Crippen LogP contribution in [0.3, 0.4) is 0 Å². The minimum atomic E-state index is -0.844. The van der Waals surface area contributed by atoms with Crippen LogP contribution in [0.5, 0.6) is 0 Å². The maximum atomic E-state index is 14.3. The lowest BCUT2D eigenvalue weighted by Gasteiger charge is -2.38. The van der Waals surface area contributed by atoms with Crippen LogP contribution in [0, 0.1) is 17.8 Å². The molecule has 0 aromatic heterocycles. The van der Waals surface area contributed by atoms with Crippen molar-refractivity contribution in [2.75, 3.05) is 34.2 Å². The first-order valence-electron chi connectivity index (χ1n) is 18.3. The monoisotopic (exact) mass is 728 g/mol. The average Bonchev–Trinajstić information content (AvgIpc) is 3.75. The molecule has 5 atom stereocenters. The number of nitrogens with zero attached hydrogens (tertiary/aromatic N) is 4. The highest BCUT2D eigenvalue weighted by atomic mass is 32.2. The number of benzene rings is 1. The maximum absolute atomic E-state index is 14.3. The summed E-state index contributed by atoms with van der Waals surface area (Å²) in [5, 5.41) is 6.01. The molecule has 2 aliphatic rings. The zero-order valence-electron chi connectivity index (χ0n) is 32.2. The highest BCUT2D eigenvalue weighted by Crippen LogP contribution is 2.28. The molecule has 0 aliphatic carbocycles. The summed E-state index contributed by atoms with van der Waals surface area (Å²) >= 11 is 1.25. The number of thioether (sulfide) groups is 1. The minimum absolute atomic E-state index is 0.0262. The molecule has 5 amide bonds. The third-order valence-electron chi connectivity index (χ3n) is 9.93. The van der Waals surface area contributed by atoms with Gasteiger partial charge in [0, 0.05) is 39.4 Å². The summed E-state index contributed by atoms with van der Waals surface area (Å²) in [5.74, 6) is -1.22. The van der Waals surface area contributed by atoms with Crippen molar-refractivity contribution in [3.63, 3.8) is 0 Å². The molecule has 2 fully saturated rings. The molecule has 3 rings (SSSR count). The van der Waals surface area contributed by atoms with Gasteiger partial charge >= 0.3 is 0 Å². The summed E-state index contributed by atoms with van der Waals surface area (Å²) in [5.41, 5.74) is 1.94. The molecule has 0 radical (unpaired) electrons. The lowest BCUT2D eigenvalue weighted by molar-refractivity contribution is -0.153. The first kappa shape index (κ1) is 42.0. The Hall–Kier alpha value is -3.45. The normalized spacial score (nSPS) is 19.4. The molecule has 2 aliphatic heterocycles. The Labute approximate surface area is 308 Å². The van der Waals surface area contributed by atoms with Crippen LogP contribution < -0.4 is 10.6 Å². The molecule has 2 N–H and O–H groups in total. The van der Waals surface area contributed by atoms with Gasteiger partial charge in [0.2, 0.25) is 29.5 Å². The Morgan fingerprint density at radius 3 is 1.86 bits per heavy atom. The van der Waals surface area contributed by atoms with E-state index in [1.807, 2.05) is 84.8 Å². The molecule has 13 heteroatoms. The van der Waals surface area contributed by atoms with E-state index in [4.69, 9.17) is 0 Å². The van der Waals surface area contributed by atoms with E-state index in [0.717, 1.165) is 11.1 Å². The lowest BCUT2D eigenvalue weighted by Crippen LogP contribution is -2.61. The summed E-state index contributed by atoms with van der Waals surface area (Å²) in [6, 6.07) is 4.29. The Balaban J connectivity index is 1.70. The van der Waals surface area contributed by atoms with Gasteiger partial charge in [0.15, 0.2) is 5.12 Å². The molecule has 2 saturated heterocycles. The molecular formula is C38H60N6O6S. The van der Waals surface area contributed by atoms with E-state index < -0.39 is 30.2 Å². The number of likely N-dealkylation sites (N-methyl/N-ethyl adjacent to an activating group) is 2. The summed E-state index contributed by atoms with van der Waals surface area (Å²) in [4.78, 5) is 86.9. The highest BCUT2D eigenvalue weighted by molar-refractivity contribution is 8.12. The fourth-order valence-corrected chi connectivity index (χ4v) is 7.90. The van der Waals surface area contributed by atoms with Gasteiger partial charge < -0.3 is 25.3 Å². The summed E-state index contributed by atoms with van der Waals surface area (Å²) in [7, 11) is 5.27. The minimum Gasteiger partial charge on any atom is -0.350 e. The fourth-order valence-electron chi connectivity index (χ4n) is 7.34. The Morgan fingerprint density at radius 1 is 0.784 bits per heavy atom. The lowest BCUT2D eigenvalue weighted by atomic mass is 9.96. The van der Waals surface area contributed by atoms with Crippen molar-refractivity contribution in [3.8, 4) is 0 Å². The van der Waals surface area contributed by atoms with Crippen molar-refractivity contribution in [3.05, 3.63) is 35.4 Å². The topological polar surface area (TPSA) is 139 Å². The van der Waals surface area contributed by atoms with E-state index in [1.54, 1.807) is 23.8 Å². The average molecular weight is 729 g/mol. The van der Waals surface area contributed by atoms with Gasteiger partial charge in [-0.15, -0.1) is 0 Å². The summed E-state index contributed by atoms with van der Waals surface area (Å²) in [6.45, 7) is 14.1. The number of hydrogen-bond donors (Lipinski definition) is 2. The SMILES string of the molecule is CC(=O)SCc1ccc(CNC(=O)[C@@H]2CCCN2C(=O)[C@@H]2CCCN2C(=O)[C@H](C(C)C)N(C)C(=O)[C@@H](NC(=O)[C@H](C(C)C)N(C)C)C(C)C)cc1. The number of likely N-dealkylation sites (tertiary alicyclic amines) is 2. The number of amides is 5. The van der Waals surface area contributed by atoms with Crippen molar-refractivity contribution in [1.29, 1.82) is 0 Å². The molecule has 12 nitrogen and oxygen atoms in total. The first-order chi connectivity index (χ1) is 24.0. The number of nitrogens with one attached hydrogen (secondary N) is 2. The van der Waals surface area contributed by atoms with E-state index in [-0.39, 0.29) is 52.4 Å². The molecule has 0 spiro atoms. The highest BCUT2D eigenvalue weighted by Gasteiger charge is 2.45. The van der Waals surface area contributed by atoms with Crippen LogP contribution >= 0.6 is 11.8 Å². The second kappa shape index (κ2) is 18.9. The van der Waals surface area contributed by atoms with E-state index in [9.17, 15) is 28.8 Å². The van der Waals surface area contributed by atoms with Crippen LogP contribution in [0.1, 0.15) is 85.3 Å². The van der Waals surface area contributed by atoms with Crippen LogP contribution in [0.4, 0.5) is 0 Å². The summed E-state index contributed by atoms with van der Waals surface area (Å²) < 4.78 is 0. The van der Waals surface area contributed by atoms with Crippen molar-refractivity contribution in [2.24, 2.45) is 17.8 Å². The van der Waals surface area contributed by atoms with Gasteiger partial charge in [-0.2, -0.15) is 0 Å². The quantitative estimate of drug-likeness (QED) is 0.281. The zero-order chi connectivity index (χ0) is 38.2. The van der Waals surface area contributed by atoms with Gasteiger partial charge in [-0.1, -0.05) is 77.6 Å². The summed E-state index contributed by atoms with van der Waals surface area (Å²) in [6.07, 6.45) is 2.35. The van der Waals surface area contributed by atoms with E-state index in [2.05, 4.69) is 10.6 Å². The first-order valence-corrected chi connectivity index (χ1v) is 19.3. The van der Waals surface area contributed by atoms with Crippen molar-refractivity contribution >= 4 is 46.4 Å². The molecule has 0 unspecified atom stereocenters. The predicted octanol–water partition coefficient (Wildman–Crippen LogP) is 3.27. The van der Waals surface area contributed by atoms with Gasteiger partial charge in [0.05, 0.1) is 6.04 Å². The number of hydrogen-bond acceptors (Lipinski definition) is 8. The van der Waals surface area contributed by atoms with Crippen LogP contribution in [0.15, 0.2) is 24.3 Å². The van der Waals surface area contributed by atoms with Gasteiger partial charge in [0.1, 0.15) is 24.2 Å². The van der Waals surface area contributed by atoms with Crippen molar-refractivity contribution in [2.45, 2.75) is 117 Å². The molecule has 0 bridgehead atoms. The van der Waals surface area contributed by atoms with Crippen LogP contribution in [-0.4, -0.2) is 119 Å². The molecule has 284 valence electrons. The van der Waals surface area contributed by atoms with Crippen LogP contribution in [0.25, 0.3) is 0 Å². The van der Waals surface area contributed by atoms with E-state index >= 15 is 0 Å². The van der Waals surface area contributed by atoms with Gasteiger partial charge in [-0.25, -0.2) is 0 Å². The number of rotatable bonds is 15. The smallest absolute Gasteiger partial charge is 0.246 e. The second-order valence-electron chi connectivity index (χ2n) is 15.2. The Morgan fingerprint density at radius 2 is 1.33 bits per heavy atom. The second-order valence-corrected chi connectivity index (χ2v) is 16.4. The number of carbonyl (C=O) groups is 6. The van der Waals surface area contributed by atoms with Crippen LogP contribution in [0.2, 0.25) is 0 Å². The molecule has 1 aromatic carbocycles. The van der Waals surface area contributed by atoms with Gasteiger partial charge in [-0.3, -0.25) is 33.7 Å².